The van der Waals surface area contributed by atoms with Crippen molar-refractivity contribution < 1.29 is 14.6 Å². The molecule has 136 valence electrons. The van der Waals surface area contributed by atoms with Gasteiger partial charge in [-0.15, -0.1) is 12.4 Å². The van der Waals surface area contributed by atoms with Gasteiger partial charge in [-0.2, -0.15) is 0 Å². The number of hydrogen-bond acceptors (Lipinski definition) is 3. The molecule has 0 aliphatic heterocycles. The molecule has 0 aromatic heterocycles. The minimum absolute atomic E-state index is 0. The molecular formula is C19H23Cl2NO3. The first kappa shape index (κ1) is 21.3. The van der Waals surface area contributed by atoms with Crippen LogP contribution in [0.3, 0.4) is 0 Å². The van der Waals surface area contributed by atoms with Gasteiger partial charge in [0.1, 0.15) is 17.5 Å². The third kappa shape index (κ3) is 6.58. The third-order valence-electron chi connectivity index (χ3n) is 3.72. The summed E-state index contributed by atoms with van der Waals surface area (Å²) in [4.78, 5) is 11.1. The van der Waals surface area contributed by atoms with Crippen molar-refractivity contribution in [1.82, 2.24) is 5.32 Å². The first-order valence-electron chi connectivity index (χ1n) is 7.98. The van der Waals surface area contributed by atoms with Crippen LogP contribution in [-0.2, 0) is 11.3 Å². The van der Waals surface area contributed by atoms with Crippen molar-refractivity contribution in [2.24, 2.45) is 0 Å². The molecule has 0 saturated carbocycles. The van der Waals surface area contributed by atoms with Crippen molar-refractivity contribution in [2.75, 3.05) is 0 Å². The minimum Gasteiger partial charge on any atom is -0.480 e. The van der Waals surface area contributed by atoms with Gasteiger partial charge in [-0.3, -0.25) is 4.79 Å². The molecule has 0 bridgehead atoms. The molecule has 0 aliphatic carbocycles. The van der Waals surface area contributed by atoms with Crippen molar-refractivity contribution in [3.05, 3.63) is 58.6 Å². The van der Waals surface area contributed by atoms with Crippen LogP contribution in [0.4, 0.5) is 0 Å². The average molecular weight is 384 g/mol. The van der Waals surface area contributed by atoms with E-state index in [4.69, 9.17) is 21.4 Å². The molecule has 2 aromatic rings. The van der Waals surface area contributed by atoms with Gasteiger partial charge in [0.25, 0.3) is 0 Å². The van der Waals surface area contributed by atoms with E-state index in [1.165, 1.54) is 0 Å². The molecule has 0 aliphatic rings. The van der Waals surface area contributed by atoms with E-state index < -0.39 is 12.0 Å². The lowest BCUT2D eigenvalue weighted by atomic mass is 10.1. The fourth-order valence-corrected chi connectivity index (χ4v) is 2.60. The predicted molar refractivity (Wildman–Crippen MR) is 103 cm³/mol. The average Bonchev–Trinajstić information content (AvgIpc) is 2.55. The first-order chi connectivity index (χ1) is 11.5. The van der Waals surface area contributed by atoms with Crippen molar-refractivity contribution in [2.45, 2.75) is 39.3 Å². The molecule has 0 fully saturated rings. The Labute approximate surface area is 159 Å². The van der Waals surface area contributed by atoms with E-state index >= 15 is 0 Å². The smallest absolute Gasteiger partial charge is 0.320 e. The van der Waals surface area contributed by atoms with E-state index in [0.29, 0.717) is 18.0 Å². The van der Waals surface area contributed by atoms with Crippen molar-refractivity contribution in [3.63, 3.8) is 0 Å². The first-order valence-corrected chi connectivity index (χ1v) is 8.36. The van der Waals surface area contributed by atoms with Gasteiger partial charge in [0.05, 0.1) is 0 Å². The number of carboxylic acids is 1. The standard InChI is InChI=1S/C19H22ClNO3.ClH/c1-3-4-17(19(22)23)21-12-14-5-8-16(9-6-14)24-18-10-7-15(20)11-13(18)2;/h5-11,17,21H,3-4,12H2,1-2H3,(H,22,23);1H. The predicted octanol–water partition coefficient (Wildman–Crippen LogP) is 5.21. The topological polar surface area (TPSA) is 58.6 Å². The summed E-state index contributed by atoms with van der Waals surface area (Å²) in [6.07, 6.45) is 1.45. The molecule has 2 aromatic carbocycles. The number of ether oxygens (including phenoxy) is 1. The van der Waals surface area contributed by atoms with Gasteiger partial charge >= 0.3 is 5.97 Å². The summed E-state index contributed by atoms with van der Waals surface area (Å²) in [6, 6.07) is 12.6. The molecule has 1 unspecified atom stereocenters. The Hall–Kier alpha value is -1.75. The second kappa shape index (κ2) is 10.3. The molecule has 0 spiro atoms. The normalized spacial score (nSPS) is 11.5. The zero-order valence-electron chi connectivity index (χ0n) is 14.3. The van der Waals surface area contributed by atoms with Gasteiger partial charge < -0.3 is 15.2 Å². The molecule has 0 heterocycles. The molecule has 0 amide bonds. The van der Waals surface area contributed by atoms with Gasteiger partial charge in [0.2, 0.25) is 0 Å². The maximum atomic E-state index is 11.1. The fourth-order valence-electron chi connectivity index (χ4n) is 2.37. The van der Waals surface area contributed by atoms with Gasteiger partial charge in [-0.25, -0.2) is 0 Å². The van der Waals surface area contributed by atoms with Gasteiger partial charge in [-0.05, 0) is 54.8 Å². The van der Waals surface area contributed by atoms with Crippen LogP contribution in [0.25, 0.3) is 0 Å². The monoisotopic (exact) mass is 383 g/mol. The molecule has 2 rings (SSSR count). The second-order valence-corrected chi connectivity index (χ2v) is 6.15. The van der Waals surface area contributed by atoms with Crippen molar-refractivity contribution in [3.8, 4) is 11.5 Å². The van der Waals surface area contributed by atoms with E-state index in [2.05, 4.69) is 5.32 Å². The largest absolute Gasteiger partial charge is 0.480 e. The Balaban J connectivity index is 0.00000312. The maximum Gasteiger partial charge on any atom is 0.320 e. The number of nitrogens with one attached hydrogen (secondary N) is 1. The van der Waals surface area contributed by atoms with Gasteiger partial charge in [0.15, 0.2) is 0 Å². The van der Waals surface area contributed by atoms with Gasteiger partial charge in [-0.1, -0.05) is 37.1 Å². The number of aryl methyl sites for hydroxylation is 1. The number of aliphatic carboxylic acids is 1. The SMILES string of the molecule is CCCC(NCc1ccc(Oc2ccc(Cl)cc2C)cc1)C(=O)O.Cl. The Morgan fingerprint density at radius 1 is 1.24 bits per heavy atom. The summed E-state index contributed by atoms with van der Waals surface area (Å²) in [5, 5.41) is 12.9. The summed E-state index contributed by atoms with van der Waals surface area (Å²) >= 11 is 5.94. The van der Waals surface area contributed by atoms with E-state index in [0.717, 1.165) is 29.0 Å². The second-order valence-electron chi connectivity index (χ2n) is 5.72. The number of halogens is 2. The lowest BCUT2D eigenvalue weighted by Crippen LogP contribution is -2.35. The van der Waals surface area contributed by atoms with Crippen LogP contribution in [0.2, 0.25) is 5.02 Å². The Morgan fingerprint density at radius 2 is 1.92 bits per heavy atom. The van der Waals surface area contributed by atoms with Crippen LogP contribution in [-0.4, -0.2) is 17.1 Å². The van der Waals surface area contributed by atoms with Crippen LogP contribution < -0.4 is 10.1 Å². The summed E-state index contributed by atoms with van der Waals surface area (Å²) in [5.74, 6) is 0.682. The molecule has 2 N–H and O–H groups in total. The highest BCUT2D eigenvalue weighted by Crippen LogP contribution is 2.27. The molecule has 25 heavy (non-hydrogen) atoms. The zero-order chi connectivity index (χ0) is 17.5. The number of benzene rings is 2. The minimum atomic E-state index is -0.810. The van der Waals surface area contributed by atoms with Crippen LogP contribution in [0.15, 0.2) is 42.5 Å². The van der Waals surface area contributed by atoms with E-state index in [9.17, 15) is 4.79 Å². The molecule has 1 atom stereocenters. The summed E-state index contributed by atoms with van der Waals surface area (Å²) < 4.78 is 5.85. The Morgan fingerprint density at radius 3 is 2.48 bits per heavy atom. The third-order valence-corrected chi connectivity index (χ3v) is 3.95. The molecule has 6 heteroatoms. The van der Waals surface area contributed by atoms with Gasteiger partial charge in [0, 0.05) is 11.6 Å². The molecule has 4 nitrogen and oxygen atoms in total. The van der Waals surface area contributed by atoms with Crippen molar-refractivity contribution >= 4 is 30.0 Å². The molecular weight excluding hydrogens is 361 g/mol. The van der Waals surface area contributed by atoms with Crippen LogP contribution in [0.5, 0.6) is 11.5 Å². The number of carboxylic acid groups (broad SMARTS) is 1. The Kier molecular flexibility index (Phi) is 8.76. The number of hydrogen-bond donors (Lipinski definition) is 2. The van der Waals surface area contributed by atoms with E-state index in [-0.39, 0.29) is 12.4 Å². The van der Waals surface area contributed by atoms with Crippen LogP contribution in [0.1, 0.15) is 30.9 Å². The molecule has 0 radical (unpaired) electrons. The van der Waals surface area contributed by atoms with E-state index in [1.807, 2.05) is 50.2 Å². The zero-order valence-corrected chi connectivity index (χ0v) is 15.9. The van der Waals surface area contributed by atoms with Crippen LogP contribution >= 0.6 is 24.0 Å². The summed E-state index contributed by atoms with van der Waals surface area (Å²) in [6.45, 7) is 4.43. The number of carbonyl (C=O) groups is 1. The highest BCUT2D eigenvalue weighted by Gasteiger charge is 2.15. The lowest BCUT2D eigenvalue weighted by molar-refractivity contribution is -0.139. The van der Waals surface area contributed by atoms with Crippen molar-refractivity contribution in [1.29, 1.82) is 0 Å². The van der Waals surface area contributed by atoms with E-state index in [1.54, 1.807) is 6.07 Å². The van der Waals surface area contributed by atoms with Crippen LogP contribution in [0, 0.1) is 6.92 Å². The summed E-state index contributed by atoms with van der Waals surface area (Å²) in [5.41, 5.74) is 1.98. The maximum absolute atomic E-state index is 11.1. The fraction of sp³-hybridized carbons (Fsp3) is 0.316. The Bertz CT molecular complexity index is 690. The highest BCUT2D eigenvalue weighted by atomic mass is 35.5. The quantitative estimate of drug-likeness (QED) is 0.656. The number of rotatable bonds is 8. The summed E-state index contributed by atoms with van der Waals surface area (Å²) in [7, 11) is 0. The molecule has 0 saturated heterocycles. The lowest BCUT2D eigenvalue weighted by Gasteiger charge is -2.14. The highest BCUT2D eigenvalue weighted by molar-refractivity contribution is 6.30.